The normalized spacial score (nSPS) is 11.8. The molecule has 0 aliphatic rings. The molecule has 0 aromatic heterocycles. The topological polar surface area (TPSA) is 61.2 Å². The van der Waals surface area contributed by atoms with Crippen molar-refractivity contribution in [2.24, 2.45) is 5.92 Å². The first-order valence-electron chi connectivity index (χ1n) is 6.11. The van der Waals surface area contributed by atoms with E-state index >= 15 is 0 Å². The number of halogens is 2. The minimum Gasteiger partial charge on any atom is -0.207 e. The highest BCUT2D eigenvalue weighted by atomic mass is 79.9. The molecule has 20 heavy (non-hydrogen) atoms. The maximum Gasteiger partial charge on any atom is 0.244 e. The molecular formula is C13H16Br2N2O2S. The molecule has 0 atom stereocenters. The third kappa shape index (κ3) is 4.55. The minimum atomic E-state index is -3.62. The summed E-state index contributed by atoms with van der Waals surface area (Å²) in [5.74, 6) is 0.189. The fourth-order valence-corrected chi connectivity index (χ4v) is 4.77. The number of rotatable bonds is 6. The van der Waals surface area contributed by atoms with Crippen LogP contribution < -0.4 is 0 Å². The highest BCUT2D eigenvalue weighted by molar-refractivity contribution is 9.11. The third-order valence-electron chi connectivity index (χ3n) is 2.55. The van der Waals surface area contributed by atoms with E-state index in [0.29, 0.717) is 15.5 Å². The zero-order chi connectivity index (χ0) is 15.3. The van der Waals surface area contributed by atoms with Gasteiger partial charge >= 0.3 is 0 Å². The van der Waals surface area contributed by atoms with Crippen LogP contribution in [-0.4, -0.2) is 25.8 Å². The first-order valence-corrected chi connectivity index (χ1v) is 9.13. The molecule has 1 aromatic rings. The van der Waals surface area contributed by atoms with Crippen molar-refractivity contribution >= 4 is 41.9 Å². The summed E-state index contributed by atoms with van der Waals surface area (Å²) in [5.41, 5.74) is 0. The van der Waals surface area contributed by atoms with E-state index < -0.39 is 10.0 Å². The summed E-state index contributed by atoms with van der Waals surface area (Å²) in [6.07, 6.45) is 0.178. The summed E-state index contributed by atoms with van der Waals surface area (Å²) in [5, 5.41) is 8.70. The molecule has 0 aliphatic carbocycles. The van der Waals surface area contributed by atoms with Crippen LogP contribution in [-0.2, 0) is 10.0 Å². The van der Waals surface area contributed by atoms with E-state index in [1.54, 1.807) is 18.2 Å². The maximum absolute atomic E-state index is 12.7. The fourth-order valence-electron chi connectivity index (χ4n) is 1.71. The molecule has 0 saturated heterocycles. The van der Waals surface area contributed by atoms with Gasteiger partial charge in [0, 0.05) is 28.5 Å². The molecule has 0 amide bonds. The average Bonchev–Trinajstić information content (AvgIpc) is 2.36. The molecule has 0 fully saturated rings. The lowest BCUT2D eigenvalue weighted by atomic mass is 10.2. The Kier molecular flexibility index (Phi) is 6.65. The van der Waals surface area contributed by atoms with Crippen LogP contribution in [0.5, 0.6) is 0 Å². The predicted molar refractivity (Wildman–Crippen MR) is 85.7 cm³/mol. The lowest BCUT2D eigenvalue weighted by Gasteiger charge is -2.23. The second-order valence-electron chi connectivity index (χ2n) is 4.74. The molecule has 110 valence electrons. The van der Waals surface area contributed by atoms with Gasteiger partial charge in [0.25, 0.3) is 0 Å². The van der Waals surface area contributed by atoms with Crippen LogP contribution in [0.25, 0.3) is 0 Å². The maximum atomic E-state index is 12.7. The molecule has 1 aromatic carbocycles. The second-order valence-corrected chi connectivity index (χ2v) is 8.42. The van der Waals surface area contributed by atoms with Gasteiger partial charge < -0.3 is 0 Å². The van der Waals surface area contributed by atoms with Crippen molar-refractivity contribution in [3.63, 3.8) is 0 Å². The first-order chi connectivity index (χ1) is 9.28. The Morgan fingerprint density at radius 1 is 1.35 bits per heavy atom. The number of hydrogen-bond donors (Lipinski definition) is 0. The Balaban J connectivity index is 3.21. The molecular weight excluding hydrogens is 408 g/mol. The molecule has 0 bridgehead atoms. The fraction of sp³-hybridized carbons (Fsp3) is 0.462. The summed E-state index contributed by atoms with van der Waals surface area (Å²) >= 11 is 6.56. The van der Waals surface area contributed by atoms with Crippen LogP contribution >= 0.6 is 31.9 Å². The van der Waals surface area contributed by atoms with Crippen molar-refractivity contribution in [1.29, 1.82) is 5.26 Å². The molecule has 4 nitrogen and oxygen atoms in total. The third-order valence-corrected chi connectivity index (χ3v) is 5.91. The van der Waals surface area contributed by atoms with Crippen molar-refractivity contribution in [2.75, 3.05) is 13.1 Å². The number of hydrogen-bond acceptors (Lipinski definition) is 3. The van der Waals surface area contributed by atoms with E-state index in [0.717, 1.165) is 0 Å². The van der Waals surface area contributed by atoms with Crippen LogP contribution in [0.1, 0.15) is 20.3 Å². The Hall–Kier alpha value is -0.420. The lowest BCUT2D eigenvalue weighted by molar-refractivity contribution is 0.372. The standard InChI is InChI=1S/C13H16Br2N2O2S/c1-10(2)9-17(7-3-6-16)20(18,19)13-8-11(14)4-5-12(13)15/h4-5,8,10H,3,7,9H2,1-2H3. The van der Waals surface area contributed by atoms with Gasteiger partial charge in [-0.2, -0.15) is 9.57 Å². The number of sulfonamides is 1. The van der Waals surface area contributed by atoms with Gasteiger partial charge in [-0.1, -0.05) is 29.8 Å². The molecule has 0 aliphatic heterocycles. The van der Waals surface area contributed by atoms with E-state index in [1.807, 2.05) is 19.9 Å². The van der Waals surface area contributed by atoms with Crippen LogP contribution in [0, 0.1) is 17.2 Å². The number of benzene rings is 1. The highest BCUT2D eigenvalue weighted by Crippen LogP contribution is 2.28. The van der Waals surface area contributed by atoms with Crippen molar-refractivity contribution in [3.8, 4) is 6.07 Å². The summed E-state index contributed by atoms with van der Waals surface area (Å²) in [6, 6.07) is 7.02. The monoisotopic (exact) mass is 422 g/mol. The van der Waals surface area contributed by atoms with E-state index in [9.17, 15) is 8.42 Å². The van der Waals surface area contributed by atoms with Gasteiger partial charge in [0.05, 0.1) is 11.0 Å². The number of nitriles is 1. The van der Waals surface area contributed by atoms with Gasteiger partial charge in [0.1, 0.15) is 0 Å². The minimum absolute atomic E-state index is 0.178. The van der Waals surface area contributed by atoms with Crippen LogP contribution in [0.2, 0.25) is 0 Å². The van der Waals surface area contributed by atoms with E-state index in [-0.39, 0.29) is 23.8 Å². The summed E-state index contributed by atoms with van der Waals surface area (Å²) in [7, 11) is -3.62. The molecule has 0 spiro atoms. The van der Waals surface area contributed by atoms with Crippen molar-refractivity contribution in [2.45, 2.75) is 25.2 Å². The highest BCUT2D eigenvalue weighted by Gasteiger charge is 2.27. The average molecular weight is 424 g/mol. The van der Waals surface area contributed by atoms with Crippen molar-refractivity contribution in [1.82, 2.24) is 4.31 Å². The first kappa shape index (κ1) is 17.6. The van der Waals surface area contributed by atoms with Gasteiger partial charge in [-0.05, 0) is 40.0 Å². The number of nitrogens with zero attached hydrogens (tertiary/aromatic N) is 2. The molecule has 7 heteroatoms. The van der Waals surface area contributed by atoms with E-state index in [1.165, 1.54) is 4.31 Å². The van der Waals surface area contributed by atoms with Crippen LogP contribution in [0.3, 0.4) is 0 Å². The zero-order valence-corrected chi connectivity index (χ0v) is 15.3. The Morgan fingerprint density at radius 3 is 2.55 bits per heavy atom. The lowest BCUT2D eigenvalue weighted by Crippen LogP contribution is -2.35. The molecule has 0 radical (unpaired) electrons. The van der Waals surface area contributed by atoms with Crippen LogP contribution in [0.4, 0.5) is 0 Å². The van der Waals surface area contributed by atoms with Gasteiger partial charge in [0.2, 0.25) is 10.0 Å². The van der Waals surface area contributed by atoms with Crippen LogP contribution in [0.15, 0.2) is 32.0 Å². The molecule has 0 unspecified atom stereocenters. The summed E-state index contributed by atoms with van der Waals surface area (Å²) in [6.45, 7) is 4.49. The Morgan fingerprint density at radius 2 is 2.00 bits per heavy atom. The van der Waals surface area contributed by atoms with Crippen molar-refractivity contribution < 1.29 is 8.42 Å². The van der Waals surface area contributed by atoms with E-state index in [4.69, 9.17) is 5.26 Å². The van der Waals surface area contributed by atoms with Crippen molar-refractivity contribution in [3.05, 3.63) is 27.1 Å². The molecule has 0 saturated carbocycles. The smallest absolute Gasteiger partial charge is 0.207 e. The second kappa shape index (κ2) is 7.55. The molecule has 0 N–H and O–H groups in total. The zero-order valence-electron chi connectivity index (χ0n) is 11.3. The van der Waals surface area contributed by atoms with Gasteiger partial charge in [-0.25, -0.2) is 8.42 Å². The quantitative estimate of drug-likeness (QED) is 0.699. The summed E-state index contributed by atoms with van der Waals surface area (Å²) < 4.78 is 28.0. The Labute approximate surface area is 137 Å². The molecule has 0 heterocycles. The van der Waals surface area contributed by atoms with Gasteiger partial charge in [0.15, 0.2) is 0 Å². The van der Waals surface area contributed by atoms with Gasteiger partial charge in [-0.15, -0.1) is 0 Å². The molecule has 1 rings (SSSR count). The summed E-state index contributed by atoms with van der Waals surface area (Å²) in [4.78, 5) is 0.213. The largest absolute Gasteiger partial charge is 0.244 e. The predicted octanol–water partition coefficient (Wildman–Crippen LogP) is 3.77. The van der Waals surface area contributed by atoms with E-state index in [2.05, 4.69) is 31.9 Å². The SMILES string of the molecule is CC(C)CN(CCC#N)S(=O)(=O)c1cc(Br)ccc1Br. The van der Waals surface area contributed by atoms with Gasteiger partial charge in [-0.3, -0.25) is 0 Å². The Bertz CT molecular complexity index is 609.